The first-order chi connectivity index (χ1) is 8.58. The Labute approximate surface area is 111 Å². The zero-order valence-corrected chi connectivity index (χ0v) is 12.3. The van der Waals surface area contributed by atoms with Crippen LogP contribution in [0, 0.1) is 5.92 Å². The second kappa shape index (κ2) is 7.74. The Morgan fingerprint density at radius 1 is 1.33 bits per heavy atom. The predicted octanol–water partition coefficient (Wildman–Crippen LogP) is 1.22. The van der Waals surface area contributed by atoms with Crippen molar-refractivity contribution >= 4 is 5.91 Å². The predicted molar refractivity (Wildman–Crippen MR) is 75.6 cm³/mol. The Hall–Kier alpha value is -0.610. The van der Waals surface area contributed by atoms with Gasteiger partial charge in [-0.2, -0.15) is 0 Å². The highest BCUT2D eigenvalue weighted by atomic mass is 16.1. The first-order valence-electron chi connectivity index (χ1n) is 7.23. The summed E-state index contributed by atoms with van der Waals surface area (Å²) in [5.41, 5.74) is 0. The van der Waals surface area contributed by atoms with E-state index in [1.54, 1.807) is 7.05 Å². The van der Waals surface area contributed by atoms with Crippen LogP contribution in [0.3, 0.4) is 0 Å². The lowest BCUT2D eigenvalue weighted by Gasteiger charge is -2.35. The first-order valence-corrected chi connectivity index (χ1v) is 7.23. The van der Waals surface area contributed by atoms with Crippen LogP contribution in [0.15, 0.2) is 0 Å². The molecule has 1 aliphatic rings. The fourth-order valence-corrected chi connectivity index (χ4v) is 2.92. The highest BCUT2D eigenvalue weighted by Crippen LogP contribution is 2.22. The second-order valence-electron chi connectivity index (χ2n) is 5.52. The number of carbonyl (C=O) groups is 1. The van der Waals surface area contributed by atoms with E-state index in [0.717, 1.165) is 13.1 Å². The van der Waals surface area contributed by atoms with Crippen LogP contribution in [0.5, 0.6) is 0 Å². The van der Waals surface area contributed by atoms with E-state index in [1.807, 2.05) is 6.92 Å². The molecule has 0 aromatic carbocycles. The van der Waals surface area contributed by atoms with Gasteiger partial charge in [-0.15, -0.1) is 0 Å². The molecule has 18 heavy (non-hydrogen) atoms. The van der Waals surface area contributed by atoms with Gasteiger partial charge in [-0.1, -0.05) is 13.8 Å². The monoisotopic (exact) mass is 255 g/mol. The Morgan fingerprint density at radius 2 is 1.94 bits per heavy atom. The molecule has 0 saturated heterocycles. The van der Waals surface area contributed by atoms with Crippen molar-refractivity contribution in [1.82, 2.24) is 15.5 Å². The number of hydrogen-bond acceptors (Lipinski definition) is 3. The van der Waals surface area contributed by atoms with Gasteiger partial charge in [-0.25, -0.2) is 0 Å². The molecule has 2 N–H and O–H groups in total. The summed E-state index contributed by atoms with van der Waals surface area (Å²) < 4.78 is 0. The summed E-state index contributed by atoms with van der Waals surface area (Å²) in [6.45, 7) is 6.10. The topological polar surface area (TPSA) is 44.4 Å². The molecule has 1 fully saturated rings. The van der Waals surface area contributed by atoms with Gasteiger partial charge in [0.2, 0.25) is 5.91 Å². The van der Waals surface area contributed by atoms with Crippen LogP contribution in [0.1, 0.15) is 39.5 Å². The number of nitrogens with zero attached hydrogens (tertiary/aromatic N) is 1. The summed E-state index contributed by atoms with van der Waals surface area (Å²) in [5, 5.41) is 6.25. The average molecular weight is 255 g/mol. The second-order valence-corrected chi connectivity index (χ2v) is 5.52. The van der Waals surface area contributed by atoms with Crippen LogP contribution in [-0.4, -0.2) is 50.1 Å². The molecule has 0 bridgehead atoms. The van der Waals surface area contributed by atoms with E-state index in [-0.39, 0.29) is 11.8 Å². The van der Waals surface area contributed by atoms with Gasteiger partial charge in [-0.05, 0) is 39.3 Å². The van der Waals surface area contributed by atoms with E-state index < -0.39 is 0 Å². The molecule has 106 valence electrons. The highest BCUT2D eigenvalue weighted by Gasteiger charge is 2.25. The maximum absolute atomic E-state index is 11.5. The van der Waals surface area contributed by atoms with Crippen molar-refractivity contribution < 1.29 is 4.79 Å². The number of hydrogen-bond donors (Lipinski definition) is 2. The molecular weight excluding hydrogens is 226 g/mol. The smallest absolute Gasteiger partial charge is 0.223 e. The lowest BCUT2D eigenvalue weighted by atomic mass is 9.90. The molecule has 0 aliphatic heterocycles. The molecule has 4 nitrogen and oxygen atoms in total. The van der Waals surface area contributed by atoms with Crippen molar-refractivity contribution in [1.29, 1.82) is 0 Å². The molecule has 0 aromatic rings. The van der Waals surface area contributed by atoms with Crippen molar-refractivity contribution in [2.24, 2.45) is 5.92 Å². The van der Waals surface area contributed by atoms with Crippen molar-refractivity contribution in [3.8, 4) is 0 Å². The maximum Gasteiger partial charge on any atom is 0.223 e. The highest BCUT2D eigenvalue weighted by molar-refractivity contribution is 5.78. The SMILES string of the molecule is CCNC1CCC(N(C)CC(C)C(=O)NC)CC1. The minimum atomic E-state index is 0.0755. The molecule has 1 unspecified atom stereocenters. The normalized spacial score (nSPS) is 26.1. The summed E-state index contributed by atoms with van der Waals surface area (Å²) in [6.07, 6.45) is 5.01. The summed E-state index contributed by atoms with van der Waals surface area (Å²) in [5.74, 6) is 0.217. The Morgan fingerprint density at radius 3 is 2.44 bits per heavy atom. The number of amides is 1. The number of nitrogens with one attached hydrogen (secondary N) is 2. The molecular formula is C14H29N3O. The zero-order valence-electron chi connectivity index (χ0n) is 12.3. The third-order valence-corrected chi connectivity index (χ3v) is 4.07. The Balaban J connectivity index is 2.31. The zero-order chi connectivity index (χ0) is 13.5. The molecule has 1 atom stereocenters. The van der Waals surface area contributed by atoms with Crippen molar-refractivity contribution in [2.75, 3.05) is 27.2 Å². The summed E-state index contributed by atoms with van der Waals surface area (Å²) in [4.78, 5) is 13.9. The standard InChI is InChI=1S/C14H29N3O/c1-5-16-12-6-8-13(9-7-12)17(4)10-11(2)14(18)15-3/h11-13,16H,5-10H2,1-4H3,(H,15,18). The number of carbonyl (C=O) groups excluding carboxylic acids is 1. The summed E-state index contributed by atoms with van der Waals surface area (Å²) >= 11 is 0. The molecule has 1 saturated carbocycles. The van der Waals surface area contributed by atoms with Gasteiger partial charge < -0.3 is 15.5 Å². The van der Waals surface area contributed by atoms with Gasteiger partial charge in [0.05, 0.1) is 0 Å². The Kier molecular flexibility index (Phi) is 6.65. The van der Waals surface area contributed by atoms with Gasteiger partial charge in [0.15, 0.2) is 0 Å². The van der Waals surface area contributed by atoms with Crippen LogP contribution in [-0.2, 0) is 4.79 Å². The minimum absolute atomic E-state index is 0.0755. The fourth-order valence-electron chi connectivity index (χ4n) is 2.92. The first kappa shape index (κ1) is 15.4. The van der Waals surface area contributed by atoms with Crippen LogP contribution in [0.2, 0.25) is 0 Å². The number of rotatable bonds is 6. The minimum Gasteiger partial charge on any atom is -0.359 e. The van der Waals surface area contributed by atoms with Crippen LogP contribution >= 0.6 is 0 Å². The van der Waals surface area contributed by atoms with Gasteiger partial charge in [0.1, 0.15) is 0 Å². The third-order valence-electron chi connectivity index (χ3n) is 4.07. The average Bonchev–Trinajstić information content (AvgIpc) is 2.38. The van der Waals surface area contributed by atoms with Gasteiger partial charge >= 0.3 is 0 Å². The molecule has 0 heterocycles. The molecule has 1 aliphatic carbocycles. The fraction of sp³-hybridized carbons (Fsp3) is 0.929. The molecule has 0 aromatic heterocycles. The third kappa shape index (κ3) is 4.58. The van der Waals surface area contributed by atoms with E-state index >= 15 is 0 Å². The van der Waals surface area contributed by atoms with E-state index in [4.69, 9.17) is 0 Å². The van der Waals surface area contributed by atoms with Crippen molar-refractivity contribution in [2.45, 2.75) is 51.6 Å². The Bertz CT molecular complexity index is 249. The largest absolute Gasteiger partial charge is 0.359 e. The van der Waals surface area contributed by atoms with Crippen molar-refractivity contribution in [3.05, 3.63) is 0 Å². The molecule has 1 rings (SSSR count). The molecule has 0 radical (unpaired) electrons. The van der Waals surface area contributed by atoms with Crippen molar-refractivity contribution in [3.63, 3.8) is 0 Å². The van der Waals surface area contributed by atoms with Gasteiger partial charge in [0, 0.05) is 31.6 Å². The van der Waals surface area contributed by atoms with E-state index in [0.29, 0.717) is 12.1 Å². The van der Waals surface area contributed by atoms with Crippen LogP contribution in [0.25, 0.3) is 0 Å². The molecule has 1 amide bonds. The molecule has 4 heteroatoms. The summed E-state index contributed by atoms with van der Waals surface area (Å²) in [6, 6.07) is 1.35. The quantitative estimate of drug-likeness (QED) is 0.750. The van der Waals surface area contributed by atoms with E-state index in [1.165, 1.54) is 25.7 Å². The summed E-state index contributed by atoms with van der Waals surface area (Å²) in [7, 11) is 3.86. The lowest BCUT2D eigenvalue weighted by molar-refractivity contribution is -0.124. The van der Waals surface area contributed by atoms with E-state index in [9.17, 15) is 4.79 Å². The van der Waals surface area contributed by atoms with Crippen LogP contribution in [0.4, 0.5) is 0 Å². The lowest BCUT2D eigenvalue weighted by Crippen LogP contribution is -2.43. The van der Waals surface area contributed by atoms with Gasteiger partial charge in [-0.3, -0.25) is 4.79 Å². The molecule has 0 spiro atoms. The van der Waals surface area contributed by atoms with Crippen LogP contribution < -0.4 is 10.6 Å². The van der Waals surface area contributed by atoms with E-state index in [2.05, 4.69) is 29.5 Å². The maximum atomic E-state index is 11.5. The van der Waals surface area contributed by atoms with Gasteiger partial charge in [0.25, 0.3) is 0 Å².